The summed E-state index contributed by atoms with van der Waals surface area (Å²) in [6.07, 6.45) is -0.398. The Bertz CT molecular complexity index is 233. The van der Waals surface area contributed by atoms with Crippen molar-refractivity contribution in [3.8, 4) is 0 Å². The zero-order valence-electron chi connectivity index (χ0n) is 8.27. The number of hydrogen-bond donors (Lipinski definition) is 2. The van der Waals surface area contributed by atoms with E-state index in [1.165, 1.54) is 13.8 Å². The minimum atomic E-state index is -3.49. The summed E-state index contributed by atoms with van der Waals surface area (Å²) in [5.74, 6) is 0. The van der Waals surface area contributed by atoms with Gasteiger partial charge in [0.1, 0.15) is 0 Å². The van der Waals surface area contributed by atoms with Crippen LogP contribution < -0.4 is 0 Å². The van der Waals surface area contributed by atoms with Crippen LogP contribution in [0.25, 0.3) is 0 Å². The summed E-state index contributed by atoms with van der Waals surface area (Å²) in [4.78, 5) is 0. The minimum Gasteiger partial charge on any atom is -0.393 e. The van der Waals surface area contributed by atoms with Crippen molar-refractivity contribution in [1.82, 2.24) is 0 Å². The van der Waals surface area contributed by atoms with Gasteiger partial charge in [0.05, 0.1) is 11.4 Å². The third-order valence-electron chi connectivity index (χ3n) is 1.98. The first-order valence-electron chi connectivity index (χ1n) is 4.41. The molecule has 0 saturated carbocycles. The van der Waals surface area contributed by atoms with Crippen LogP contribution in [0.15, 0.2) is 0 Å². The average molecular weight is 210 g/mol. The van der Waals surface area contributed by atoms with Gasteiger partial charge in [0.15, 0.2) is 15.3 Å². The summed E-state index contributed by atoms with van der Waals surface area (Å²) in [6.45, 7) is 4.76. The summed E-state index contributed by atoms with van der Waals surface area (Å²) in [5.41, 5.74) is -1.44. The molecule has 2 atom stereocenters. The molecule has 0 aliphatic heterocycles. The molecule has 5 heteroatoms. The van der Waals surface area contributed by atoms with E-state index in [1.54, 1.807) is 6.92 Å². The Kier molecular flexibility index (Phi) is 4.88. The molecule has 2 N–H and O–H groups in total. The van der Waals surface area contributed by atoms with Gasteiger partial charge >= 0.3 is 0 Å². The van der Waals surface area contributed by atoms with E-state index in [-0.39, 0.29) is 6.42 Å². The zero-order chi connectivity index (χ0) is 10.6. The van der Waals surface area contributed by atoms with Gasteiger partial charge in [-0.3, -0.25) is 0 Å². The van der Waals surface area contributed by atoms with Gasteiger partial charge < -0.3 is 10.2 Å². The highest BCUT2D eigenvalue weighted by Gasteiger charge is 2.27. The predicted molar refractivity (Wildman–Crippen MR) is 51.0 cm³/mol. The predicted octanol–water partition coefficient (Wildman–Crippen LogP) is 0.289. The van der Waals surface area contributed by atoms with Crippen molar-refractivity contribution < 1.29 is 18.6 Å². The van der Waals surface area contributed by atoms with Crippen molar-refractivity contribution in [3.05, 3.63) is 0 Å². The van der Waals surface area contributed by atoms with Crippen LogP contribution in [0.1, 0.15) is 33.6 Å². The number of aliphatic hydroxyl groups excluding tert-OH is 2. The lowest BCUT2D eigenvalue weighted by Gasteiger charge is -2.16. The van der Waals surface area contributed by atoms with Crippen molar-refractivity contribution in [2.24, 2.45) is 0 Å². The summed E-state index contributed by atoms with van der Waals surface area (Å²) >= 11 is 0. The number of aliphatic hydroxyl groups is 2. The molecule has 0 aliphatic rings. The third-order valence-corrected chi connectivity index (χ3v) is 4.25. The van der Waals surface area contributed by atoms with E-state index in [9.17, 15) is 13.5 Å². The van der Waals surface area contributed by atoms with Crippen LogP contribution in [0.2, 0.25) is 0 Å². The standard InChI is InChI=1S/C8H18O4S/c1-4-7(9)5-8(10)13(11,12)6(2)3/h6-10H,4-5H2,1-3H3. The van der Waals surface area contributed by atoms with Crippen LogP contribution in [0.3, 0.4) is 0 Å². The molecule has 0 bridgehead atoms. The minimum absolute atomic E-state index is 0.100. The first kappa shape index (κ1) is 12.9. The lowest BCUT2D eigenvalue weighted by Crippen LogP contribution is -2.31. The largest absolute Gasteiger partial charge is 0.393 e. The fraction of sp³-hybridized carbons (Fsp3) is 1.00. The molecule has 0 heterocycles. The van der Waals surface area contributed by atoms with Crippen LogP contribution in [0.5, 0.6) is 0 Å². The van der Waals surface area contributed by atoms with Gasteiger partial charge in [-0.1, -0.05) is 6.92 Å². The van der Waals surface area contributed by atoms with Crippen molar-refractivity contribution in [3.63, 3.8) is 0 Å². The van der Waals surface area contributed by atoms with E-state index in [0.29, 0.717) is 6.42 Å². The zero-order valence-corrected chi connectivity index (χ0v) is 9.08. The van der Waals surface area contributed by atoms with E-state index < -0.39 is 26.6 Å². The Balaban J connectivity index is 4.35. The van der Waals surface area contributed by atoms with E-state index in [4.69, 9.17) is 5.11 Å². The SMILES string of the molecule is CCC(O)CC(O)S(=O)(=O)C(C)C. The number of rotatable bonds is 5. The highest BCUT2D eigenvalue weighted by molar-refractivity contribution is 7.92. The molecule has 0 amide bonds. The highest BCUT2D eigenvalue weighted by Crippen LogP contribution is 2.13. The number of hydrogen-bond acceptors (Lipinski definition) is 4. The second-order valence-corrected chi connectivity index (χ2v) is 6.06. The van der Waals surface area contributed by atoms with Crippen LogP contribution in [0.4, 0.5) is 0 Å². The van der Waals surface area contributed by atoms with Crippen LogP contribution in [0, 0.1) is 0 Å². The van der Waals surface area contributed by atoms with E-state index in [0.717, 1.165) is 0 Å². The van der Waals surface area contributed by atoms with Gasteiger partial charge in [0.25, 0.3) is 0 Å². The lowest BCUT2D eigenvalue weighted by molar-refractivity contribution is 0.113. The Morgan fingerprint density at radius 2 is 1.69 bits per heavy atom. The molecule has 2 unspecified atom stereocenters. The molecule has 0 aliphatic carbocycles. The molecule has 0 rings (SSSR count). The van der Waals surface area contributed by atoms with E-state index >= 15 is 0 Å². The van der Waals surface area contributed by atoms with Crippen LogP contribution in [-0.4, -0.2) is 35.4 Å². The van der Waals surface area contributed by atoms with Gasteiger partial charge in [0.2, 0.25) is 0 Å². The second kappa shape index (κ2) is 4.93. The van der Waals surface area contributed by atoms with Gasteiger partial charge in [-0.05, 0) is 20.3 Å². The molecule has 0 aromatic carbocycles. The summed E-state index contributed by atoms with van der Waals surface area (Å²) < 4.78 is 22.6. The van der Waals surface area contributed by atoms with Crippen LogP contribution in [-0.2, 0) is 9.84 Å². The molecule has 13 heavy (non-hydrogen) atoms. The molecule has 4 nitrogen and oxygen atoms in total. The Labute approximate surface area is 79.5 Å². The molecule has 0 aromatic heterocycles. The van der Waals surface area contributed by atoms with Crippen molar-refractivity contribution in [1.29, 1.82) is 0 Å². The van der Waals surface area contributed by atoms with Gasteiger partial charge in [-0.2, -0.15) is 0 Å². The lowest BCUT2D eigenvalue weighted by atomic mass is 10.2. The summed E-state index contributed by atoms with van der Waals surface area (Å²) in [6, 6.07) is 0. The van der Waals surface area contributed by atoms with E-state index in [2.05, 4.69) is 0 Å². The maximum absolute atomic E-state index is 11.3. The fourth-order valence-electron chi connectivity index (χ4n) is 0.848. The Hall–Kier alpha value is -0.130. The van der Waals surface area contributed by atoms with Gasteiger partial charge in [0, 0.05) is 6.42 Å². The molecule has 0 radical (unpaired) electrons. The highest BCUT2D eigenvalue weighted by atomic mass is 32.2. The summed E-state index contributed by atoms with van der Waals surface area (Å²) in [5, 5.41) is 17.8. The van der Waals surface area contributed by atoms with Crippen molar-refractivity contribution in [2.45, 2.75) is 50.4 Å². The molecule has 80 valence electrons. The van der Waals surface area contributed by atoms with Crippen molar-refractivity contribution in [2.75, 3.05) is 0 Å². The molecule has 0 saturated heterocycles. The van der Waals surface area contributed by atoms with E-state index in [1.807, 2.05) is 0 Å². The Morgan fingerprint density at radius 1 is 1.23 bits per heavy atom. The maximum Gasteiger partial charge on any atom is 0.179 e. The molecule has 0 aromatic rings. The normalized spacial score (nSPS) is 17.4. The maximum atomic E-state index is 11.3. The fourth-order valence-corrected chi connectivity index (χ4v) is 1.97. The molecule has 0 spiro atoms. The first-order valence-corrected chi connectivity index (χ1v) is 6.02. The summed E-state index contributed by atoms with van der Waals surface area (Å²) in [7, 11) is -3.49. The quantitative estimate of drug-likeness (QED) is 0.684. The smallest absolute Gasteiger partial charge is 0.179 e. The van der Waals surface area contributed by atoms with Crippen molar-refractivity contribution >= 4 is 9.84 Å². The average Bonchev–Trinajstić information content (AvgIpc) is 2.03. The third kappa shape index (κ3) is 3.62. The topological polar surface area (TPSA) is 74.6 Å². The molecule has 0 fully saturated rings. The number of sulfone groups is 1. The van der Waals surface area contributed by atoms with Crippen LogP contribution >= 0.6 is 0 Å². The van der Waals surface area contributed by atoms with Gasteiger partial charge in [-0.25, -0.2) is 8.42 Å². The Morgan fingerprint density at radius 3 is 2.00 bits per heavy atom. The first-order chi connectivity index (χ1) is 5.82. The molecular weight excluding hydrogens is 192 g/mol. The monoisotopic (exact) mass is 210 g/mol. The van der Waals surface area contributed by atoms with Gasteiger partial charge in [-0.15, -0.1) is 0 Å². The second-order valence-electron chi connectivity index (χ2n) is 3.39. The molecular formula is C8H18O4S.